The van der Waals surface area contributed by atoms with Crippen LogP contribution >= 0.6 is 46.4 Å². The number of fused-ring (bicyclic) bond motifs is 2. The third-order valence-corrected chi connectivity index (χ3v) is 11.1. The van der Waals surface area contributed by atoms with Crippen molar-refractivity contribution in [2.45, 2.75) is 57.0 Å². The van der Waals surface area contributed by atoms with Crippen molar-refractivity contribution in [1.82, 2.24) is 0 Å². The zero-order valence-corrected chi connectivity index (χ0v) is 30.1. The number of aliphatic carboxylic acids is 1. The van der Waals surface area contributed by atoms with Gasteiger partial charge in [-0.3, -0.25) is 9.59 Å². The van der Waals surface area contributed by atoms with Gasteiger partial charge in [-0.15, -0.1) is 0 Å². The summed E-state index contributed by atoms with van der Waals surface area (Å²) in [4.78, 5) is 51.9. The molecule has 8 nitrogen and oxygen atoms in total. The number of esters is 1. The molecule has 0 amide bonds. The highest BCUT2D eigenvalue weighted by Crippen LogP contribution is 2.49. The normalized spacial score (nSPS) is 19.9. The maximum atomic E-state index is 13.8. The lowest BCUT2D eigenvalue weighted by atomic mass is 9.79. The van der Waals surface area contributed by atoms with E-state index in [1.165, 1.54) is 6.07 Å². The number of carbonyl (C=O) groups excluding carboxylic acids is 3. The molecule has 0 aromatic heterocycles. The Balaban J connectivity index is 1.21. The van der Waals surface area contributed by atoms with Crippen LogP contribution in [0.1, 0.15) is 70.2 Å². The van der Waals surface area contributed by atoms with Crippen molar-refractivity contribution < 1.29 is 38.5 Å². The van der Waals surface area contributed by atoms with E-state index < -0.39 is 35.5 Å². The van der Waals surface area contributed by atoms with Crippen molar-refractivity contribution in [3.05, 3.63) is 120 Å². The van der Waals surface area contributed by atoms with Crippen LogP contribution in [0, 0.1) is 0 Å². The number of hydrogen-bond donors (Lipinski definition) is 1. The van der Waals surface area contributed by atoms with Crippen LogP contribution in [0.4, 0.5) is 0 Å². The quantitative estimate of drug-likeness (QED) is 0.126. The Hall–Kier alpha value is -4.08. The maximum absolute atomic E-state index is 13.8. The average molecular weight is 756 g/mol. The minimum atomic E-state index is -1.19. The molecule has 0 spiro atoms. The summed E-state index contributed by atoms with van der Waals surface area (Å²) < 4.78 is 17.1. The molecule has 258 valence electrons. The molecule has 3 unspecified atom stereocenters. The molecule has 6 rings (SSSR count). The Labute approximate surface area is 308 Å². The average Bonchev–Trinajstić information content (AvgIpc) is 3.52. The minimum absolute atomic E-state index is 0.0202. The van der Waals surface area contributed by atoms with Crippen LogP contribution in [0.5, 0.6) is 17.2 Å². The van der Waals surface area contributed by atoms with Crippen molar-refractivity contribution in [1.29, 1.82) is 0 Å². The first kappa shape index (κ1) is 35.7. The number of carboxylic acid groups (broad SMARTS) is 1. The zero-order chi connectivity index (χ0) is 36.1. The standard InChI is InChI=1S/C38H30Cl4O8/c1-4-24(50-26-14-20-16-37(2,21-9-6-5-7-10-21)34(45)29(20)33(42)31(26)40)36(47)49-23-12-8-11-22(15-23)38(3)17-19-13-25(48-18-27(43)44)30(39)32(41)28(19)35(38)46/h5-15,24H,4,16-18H2,1-3H3,(H,43,44). The van der Waals surface area contributed by atoms with Crippen molar-refractivity contribution in [2.75, 3.05) is 6.61 Å². The number of carboxylic acids is 1. The first-order chi connectivity index (χ1) is 23.7. The molecule has 0 bridgehead atoms. The molecule has 0 radical (unpaired) electrons. The summed E-state index contributed by atoms with van der Waals surface area (Å²) >= 11 is 26.1. The van der Waals surface area contributed by atoms with E-state index in [0.717, 1.165) is 5.56 Å². The molecule has 2 aliphatic rings. The number of halogens is 4. The van der Waals surface area contributed by atoms with Gasteiger partial charge >= 0.3 is 11.9 Å². The van der Waals surface area contributed by atoms with E-state index in [-0.39, 0.29) is 67.3 Å². The van der Waals surface area contributed by atoms with Gasteiger partial charge in [-0.05, 0) is 79.6 Å². The summed E-state index contributed by atoms with van der Waals surface area (Å²) in [5, 5.41) is 9.02. The first-order valence-electron chi connectivity index (χ1n) is 15.7. The lowest BCUT2D eigenvalue weighted by Gasteiger charge is -2.23. The number of hydrogen-bond acceptors (Lipinski definition) is 7. The van der Waals surface area contributed by atoms with Crippen molar-refractivity contribution in [3.8, 4) is 17.2 Å². The van der Waals surface area contributed by atoms with E-state index in [4.69, 9.17) is 65.7 Å². The Kier molecular flexibility index (Phi) is 9.70. The molecule has 0 saturated carbocycles. The number of ether oxygens (including phenoxy) is 3. The Morgan fingerprint density at radius 2 is 1.30 bits per heavy atom. The van der Waals surface area contributed by atoms with E-state index in [1.807, 2.05) is 37.3 Å². The summed E-state index contributed by atoms with van der Waals surface area (Å²) in [7, 11) is 0. The van der Waals surface area contributed by atoms with Gasteiger partial charge in [-0.1, -0.05) is 95.8 Å². The molecule has 0 saturated heterocycles. The van der Waals surface area contributed by atoms with Gasteiger partial charge in [0.15, 0.2) is 24.3 Å². The molecule has 0 aliphatic heterocycles. The van der Waals surface area contributed by atoms with Gasteiger partial charge in [-0.25, -0.2) is 9.59 Å². The molecule has 0 fully saturated rings. The molecule has 2 aliphatic carbocycles. The van der Waals surface area contributed by atoms with Gasteiger partial charge in [0.1, 0.15) is 27.3 Å². The second kappa shape index (κ2) is 13.6. The Bertz CT molecular complexity index is 2080. The van der Waals surface area contributed by atoms with Crippen LogP contribution < -0.4 is 14.2 Å². The van der Waals surface area contributed by atoms with Crippen molar-refractivity contribution >= 4 is 69.9 Å². The summed E-state index contributed by atoms with van der Waals surface area (Å²) in [6.45, 7) is 4.73. The van der Waals surface area contributed by atoms with Crippen LogP contribution in [-0.4, -0.2) is 41.3 Å². The summed E-state index contributed by atoms with van der Waals surface area (Å²) in [5.41, 5.74) is 1.24. The van der Waals surface area contributed by atoms with E-state index in [0.29, 0.717) is 28.7 Å². The van der Waals surface area contributed by atoms with Crippen molar-refractivity contribution in [3.63, 3.8) is 0 Å². The summed E-state index contributed by atoms with van der Waals surface area (Å²) in [5.74, 6) is -1.94. The van der Waals surface area contributed by atoms with Crippen molar-refractivity contribution in [2.24, 2.45) is 0 Å². The minimum Gasteiger partial charge on any atom is -0.480 e. The summed E-state index contributed by atoms with van der Waals surface area (Å²) in [6.07, 6.45) is -0.271. The SMILES string of the molecule is CCC(Oc1cc2c(c(Cl)c1Cl)C(=O)C(C)(c1ccccc1)C2)C(=O)Oc1cccc(C2(C)Cc3cc(OCC(=O)O)c(Cl)c(Cl)c3C2=O)c1. The highest BCUT2D eigenvalue weighted by atomic mass is 35.5. The van der Waals surface area contributed by atoms with Gasteiger partial charge < -0.3 is 19.3 Å². The van der Waals surface area contributed by atoms with E-state index in [9.17, 15) is 19.2 Å². The highest BCUT2D eigenvalue weighted by Gasteiger charge is 2.47. The largest absolute Gasteiger partial charge is 0.480 e. The monoisotopic (exact) mass is 754 g/mol. The third kappa shape index (κ3) is 6.13. The smallest absolute Gasteiger partial charge is 0.352 e. The van der Waals surface area contributed by atoms with Crippen LogP contribution in [0.3, 0.4) is 0 Å². The Morgan fingerprint density at radius 1 is 0.760 bits per heavy atom. The van der Waals surface area contributed by atoms with Gasteiger partial charge in [0.05, 0.1) is 20.9 Å². The molecule has 0 heterocycles. The third-order valence-electron chi connectivity index (χ3n) is 9.41. The van der Waals surface area contributed by atoms with Gasteiger partial charge in [0.2, 0.25) is 0 Å². The fourth-order valence-corrected chi connectivity index (χ4v) is 7.69. The van der Waals surface area contributed by atoms with Crippen LogP contribution in [-0.2, 0) is 33.3 Å². The zero-order valence-electron chi connectivity index (χ0n) is 27.1. The number of benzene rings is 4. The van der Waals surface area contributed by atoms with Crippen LogP contribution in [0.2, 0.25) is 20.1 Å². The maximum Gasteiger partial charge on any atom is 0.352 e. The fraction of sp³-hybridized carbons (Fsp3) is 0.263. The lowest BCUT2D eigenvalue weighted by Crippen LogP contribution is -2.32. The number of ketones is 2. The van der Waals surface area contributed by atoms with Gasteiger partial charge in [0, 0.05) is 11.1 Å². The molecule has 4 aromatic rings. The van der Waals surface area contributed by atoms with Gasteiger partial charge in [0.25, 0.3) is 0 Å². The lowest BCUT2D eigenvalue weighted by molar-refractivity contribution is -0.142. The topological polar surface area (TPSA) is 116 Å². The first-order valence-corrected chi connectivity index (χ1v) is 17.2. The fourth-order valence-electron chi connectivity index (χ4n) is 6.69. The molecule has 50 heavy (non-hydrogen) atoms. The highest BCUT2D eigenvalue weighted by molar-refractivity contribution is 6.46. The number of rotatable bonds is 10. The Morgan fingerprint density at radius 3 is 1.88 bits per heavy atom. The van der Waals surface area contributed by atoms with E-state index in [2.05, 4.69) is 0 Å². The molecular formula is C38H30Cl4O8. The summed E-state index contributed by atoms with van der Waals surface area (Å²) in [6, 6.07) is 19.2. The van der Waals surface area contributed by atoms with E-state index in [1.54, 1.807) is 44.2 Å². The molecule has 12 heteroatoms. The predicted octanol–water partition coefficient (Wildman–Crippen LogP) is 8.92. The molecule has 1 N–H and O–H groups in total. The number of Topliss-reactive ketones (excluding diaryl/α,β-unsaturated/α-hetero) is 2. The second-order valence-corrected chi connectivity index (χ2v) is 14.3. The second-order valence-electron chi connectivity index (χ2n) is 12.8. The predicted molar refractivity (Wildman–Crippen MR) is 190 cm³/mol. The van der Waals surface area contributed by atoms with Crippen LogP contribution in [0.15, 0.2) is 66.7 Å². The molecular weight excluding hydrogens is 726 g/mol. The van der Waals surface area contributed by atoms with Gasteiger partial charge in [-0.2, -0.15) is 0 Å². The van der Waals surface area contributed by atoms with Crippen LogP contribution in [0.25, 0.3) is 0 Å². The molecule has 4 aromatic carbocycles. The molecule has 3 atom stereocenters. The van der Waals surface area contributed by atoms with E-state index >= 15 is 0 Å². The number of carbonyl (C=O) groups is 4.